The van der Waals surface area contributed by atoms with Gasteiger partial charge in [0.2, 0.25) is 0 Å². The highest BCUT2D eigenvalue weighted by Gasteiger charge is 2.10. The molecule has 4 atom stereocenters. The monoisotopic (exact) mass is 256 g/mol. The Hall–Kier alpha value is 3.44. The molecule has 0 aromatic rings. The van der Waals surface area contributed by atoms with Crippen LogP contribution in [-0.4, -0.2) is 0 Å². The van der Waals surface area contributed by atoms with Crippen LogP contribution in [0.15, 0.2) is 0 Å². The van der Waals surface area contributed by atoms with E-state index >= 15 is 0 Å². The summed E-state index contributed by atoms with van der Waals surface area (Å²) in [4.78, 5) is 0. The summed E-state index contributed by atoms with van der Waals surface area (Å²) < 4.78 is 0. The maximum absolute atomic E-state index is 3.56. The molecule has 0 aromatic heterocycles. The van der Waals surface area contributed by atoms with Crippen molar-refractivity contribution in [2.75, 3.05) is 0 Å². The van der Waals surface area contributed by atoms with Gasteiger partial charge in [0, 0.05) is 0 Å². The van der Waals surface area contributed by atoms with Crippen molar-refractivity contribution in [3.05, 3.63) is 0 Å². The summed E-state index contributed by atoms with van der Waals surface area (Å²) in [5, 5.41) is 0. The van der Waals surface area contributed by atoms with Gasteiger partial charge in [0.05, 0.1) is 0 Å². The molecule has 0 amide bonds. The minimum atomic E-state index is -0.0751. The van der Waals surface area contributed by atoms with E-state index in [-0.39, 0.29) is 21.0 Å². The maximum atomic E-state index is 3.56. The van der Waals surface area contributed by atoms with E-state index in [4.69, 9.17) is 0 Å². The molecule has 8 heavy (non-hydrogen) atoms. The molecule has 0 saturated heterocycles. The summed E-state index contributed by atoms with van der Waals surface area (Å²) in [6, 6.07) is 0. The van der Waals surface area contributed by atoms with Crippen molar-refractivity contribution < 1.29 is 0 Å². The molecular formula is H8P8. The second-order valence-electron chi connectivity index (χ2n) is 1.01. The molecule has 8 heteroatoms. The van der Waals surface area contributed by atoms with Crippen LogP contribution in [0.4, 0.5) is 0 Å². The summed E-state index contributed by atoms with van der Waals surface area (Å²) in [5.74, 6) is 0. The van der Waals surface area contributed by atoms with E-state index in [1.807, 2.05) is 0 Å². The first-order chi connectivity index (χ1) is 3.55. The zero-order chi connectivity index (χ0) is 6.73. The van der Waals surface area contributed by atoms with Gasteiger partial charge in [-0.2, -0.15) is 0 Å². The predicted octanol–water partition coefficient (Wildman–Crippen LogP) is 4.75. The van der Waals surface area contributed by atoms with Gasteiger partial charge in [0.25, 0.3) is 0 Å². The van der Waals surface area contributed by atoms with Crippen LogP contribution in [-0.2, 0) is 0 Å². The van der Waals surface area contributed by atoms with Crippen molar-refractivity contribution in [3.8, 4) is 0 Å². The van der Waals surface area contributed by atoms with Gasteiger partial charge in [0.15, 0.2) is 0 Å². The highest BCUT2D eigenvalue weighted by Crippen LogP contribution is 3.00. The Balaban J connectivity index is 3.46. The first-order valence-corrected chi connectivity index (χ1v) is 14.6. The molecule has 2 radical (unpaired) electrons. The lowest BCUT2D eigenvalue weighted by Gasteiger charge is -2.18. The van der Waals surface area contributed by atoms with Crippen molar-refractivity contribution in [3.63, 3.8) is 0 Å². The zero-order valence-corrected chi connectivity index (χ0v) is 12.2. The molecule has 0 nitrogen and oxygen atoms in total. The first-order valence-electron chi connectivity index (χ1n) is 1.62. The van der Waals surface area contributed by atoms with E-state index in [1.165, 1.54) is 0 Å². The summed E-state index contributed by atoms with van der Waals surface area (Å²) in [6.45, 7) is 0.117. The summed E-state index contributed by atoms with van der Waals surface area (Å²) in [6.07, 6.45) is 0. The van der Waals surface area contributed by atoms with E-state index in [1.54, 1.807) is 0 Å². The Morgan fingerprint density at radius 1 is 1.00 bits per heavy atom. The van der Waals surface area contributed by atoms with Gasteiger partial charge in [-0.05, 0) is 21.0 Å². The molecule has 0 aliphatic heterocycles. The molecule has 0 bridgehead atoms. The van der Waals surface area contributed by atoms with Crippen LogP contribution in [0.2, 0.25) is 0 Å². The third kappa shape index (κ3) is 5.14. The molecule has 4 unspecified atom stereocenters. The molecule has 0 aliphatic carbocycles. The summed E-state index contributed by atoms with van der Waals surface area (Å²) in [5.41, 5.74) is 0. The largest absolute Gasteiger partial charge is 0.102 e. The quantitative estimate of drug-likeness (QED) is 0.625. The first kappa shape index (κ1) is 11.4. The molecule has 0 heterocycles. The van der Waals surface area contributed by atoms with E-state index in [0.29, 0.717) is 0 Å². The Kier molecular flexibility index (Phi) is 8.60. The highest BCUT2D eigenvalue weighted by atomic mass is 33.1. The third-order valence-corrected chi connectivity index (χ3v) is 35.8. The fourth-order valence-corrected chi connectivity index (χ4v) is 25.1. The van der Waals surface area contributed by atoms with E-state index in [0.717, 1.165) is 0 Å². The van der Waals surface area contributed by atoms with Gasteiger partial charge >= 0.3 is 0 Å². The van der Waals surface area contributed by atoms with Crippen molar-refractivity contribution in [1.82, 2.24) is 0 Å². The average molecular weight is 256 g/mol. The van der Waals surface area contributed by atoms with E-state index < -0.39 is 0 Å². The average Bonchev–Trinajstić information content (AvgIpc) is 1.64. The molecule has 0 fully saturated rings. The second kappa shape index (κ2) is 6.01. The van der Waals surface area contributed by atoms with Crippen LogP contribution >= 0.6 is 65.6 Å². The van der Waals surface area contributed by atoms with Gasteiger partial charge < -0.3 is 0 Å². The Morgan fingerprint density at radius 2 is 1.38 bits per heavy atom. The predicted molar refractivity (Wildman–Crippen MR) is 66.5 cm³/mol. The van der Waals surface area contributed by atoms with Crippen molar-refractivity contribution in [2.45, 2.75) is 0 Å². The van der Waals surface area contributed by atoms with Crippen LogP contribution in [0, 0.1) is 0 Å². The number of hydrogen-bond acceptors (Lipinski definition) is 0. The second-order valence-corrected chi connectivity index (χ2v) is 27.3. The van der Waals surface area contributed by atoms with Crippen LogP contribution in [0.3, 0.4) is 0 Å². The summed E-state index contributed by atoms with van der Waals surface area (Å²) in [7, 11) is 15.7. The smallest absolute Gasteiger partial charge is 0.0192 e. The van der Waals surface area contributed by atoms with Crippen molar-refractivity contribution in [2.24, 2.45) is 0 Å². The molecular weight excluding hydrogens is 248 g/mol. The molecule has 0 N–H and O–H groups in total. The highest BCUT2D eigenvalue weighted by molar-refractivity contribution is 9.06. The molecule has 0 rings (SSSR count). The van der Waals surface area contributed by atoms with Crippen molar-refractivity contribution in [1.29, 1.82) is 0 Å². The molecule has 0 aliphatic rings. The molecule has 48 valence electrons. The fourth-order valence-electron chi connectivity index (χ4n) is 0.103. The number of hydrogen-bond donors (Lipinski definition) is 0. The number of rotatable bonds is 2. The van der Waals surface area contributed by atoms with E-state index in [9.17, 15) is 0 Å². The molecule has 0 aromatic carbocycles. The zero-order valence-electron chi connectivity index (χ0n) is 4.07. The maximum Gasteiger partial charge on any atom is -0.0192 e. The Morgan fingerprint density at radius 3 is 1.38 bits per heavy atom. The normalized spacial score (nSPS) is 12.0. The van der Waals surface area contributed by atoms with Gasteiger partial charge in [-0.1, -0.05) is 17.9 Å². The lowest BCUT2D eigenvalue weighted by atomic mass is 28.8. The van der Waals surface area contributed by atoms with Gasteiger partial charge in [-0.15, -0.1) is 26.8 Å². The van der Waals surface area contributed by atoms with Crippen LogP contribution in [0.25, 0.3) is 0 Å². The lowest BCUT2D eigenvalue weighted by Crippen LogP contribution is -1.27. The topological polar surface area (TPSA) is 0 Å². The summed E-state index contributed by atoms with van der Waals surface area (Å²) >= 11 is 0. The Labute approximate surface area is 65.8 Å². The molecule has 0 spiro atoms. The van der Waals surface area contributed by atoms with Gasteiger partial charge in [-0.25, -0.2) is 0 Å². The van der Waals surface area contributed by atoms with Crippen LogP contribution < -0.4 is 0 Å². The fraction of sp³-hybridized carbons (Fsp3) is 0. The minimum absolute atomic E-state index is 0.0751. The third-order valence-electron chi connectivity index (χ3n) is 0.442. The van der Waals surface area contributed by atoms with Crippen LogP contribution in [0.5, 0.6) is 0 Å². The van der Waals surface area contributed by atoms with Crippen molar-refractivity contribution >= 4 is 65.6 Å². The standard InChI is InChI=1S/H8P8/c1-6(2)8(5)7(3)4/h1-2H,3-5H2. The SMILES string of the molecule is [PH]P([PH])P(P)P(P)P. The minimum Gasteiger partial charge on any atom is -0.102 e. The lowest BCUT2D eigenvalue weighted by molar-refractivity contribution is 4.79. The van der Waals surface area contributed by atoms with E-state index in [2.05, 4.69) is 44.6 Å². The van der Waals surface area contributed by atoms with Gasteiger partial charge in [0.1, 0.15) is 0 Å². The molecule has 0 saturated carbocycles. The van der Waals surface area contributed by atoms with Crippen LogP contribution in [0.1, 0.15) is 0 Å². The van der Waals surface area contributed by atoms with Gasteiger partial charge in [-0.3, -0.25) is 0 Å². The Bertz CT molecular complexity index is 45.1.